The predicted octanol–water partition coefficient (Wildman–Crippen LogP) is 1.87. The number of aliphatic hydroxyl groups is 1. The van der Waals surface area contributed by atoms with E-state index < -0.39 is 43.1 Å². The van der Waals surface area contributed by atoms with Crippen LogP contribution >= 0.6 is 0 Å². The van der Waals surface area contributed by atoms with Crippen molar-refractivity contribution >= 4 is 0 Å². The van der Waals surface area contributed by atoms with Crippen molar-refractivity contribution in [2.24, 2.45) is 5.73 Å². The largest absolute Gasteiger partial charge is 0.573 e. The van der Waals surface area contributed by atoms with E-state index >= 15 is 0 Å². The molecule has 0 radical (unpaired) electrons. The van der Waals surface area contributed by atoms with Crippen molar-refractivity contribution in [3.05, 3.63) is 23.0 Å². The molecule has 18 heavy (non-hydrogen) atoms. The average Bonchev–Trinajstić information content (AvgIpc) is 2.26. The number of rotatable bonds is 4. The number of hydrogen-bond acceptors (Lipinski definition) is 4. The quantitative estimate of drug-likeness (QED) is 0.821. The summed E-state index contributed by atoms with van der Waals surface area (Å²) < 4.78 is 64.8. The Bertz CT molecular complexity index is 397. The Labute approximate surface area is 98.2 Å². The van der Waals surface area contributed by atoms with Gasteiger partial charge in [-0.3, -0.25) is 0 Å². The molecule has 0 unspecified atom stereocenters. The maximum Gasteiger partial charge on any atom is 0.573 e. The Hall–Kier alpha value is -1.48. The fraction of sp³-hybridized carbons (Fsp3) is 0.444. The molecule has 3 N–H and O–H groups in total. The lowest BCUT2D eigenvalue weighted by molar-refractivity contribution is -0.275. The summed E-state index contributed by atoms with van der Waals surface area (Å²) in [5, 5.41) is 8.85. The molecule has 1 aromatic rings. The molecule has 0 aromatic carbocycles. The number of halogens is 5. The third kappa shape index (κ3) is 3.50. The average molecular weight is 272 g/mol. The smallest absolute Gasteiger partial charge is 0.403 e. The summed E-state index contributed by atoms with van der Waals surface area (Å²) in [5.41, 5.74) is 3.45. The van der Waals surface area contributed by atoms with E-state index in [1.807, 2.05) is 0 Å². The molecule has 0 amide bonds. The van der Waals surface area contributed by atoms with Crippen molar-refractivity contribution in [1.29, 1.82) is 0 Å². The molecule has 0 aliphatic heterocycles. The highest BCUT2D eigenvalue weighted by Crippen LogP contribution is 2.31. The van der Waals surface area contributed by atoms with Crippen LogP contribution in [0.4, 0.5) is 22.0 Å². The molecular formula is C9H9F5N2O2. The van der Waals surface area contributed by atoms with E-state index in [4.69, 9.17) is 10.8 Å². The van der Waals surface area contributed by atoms with Gasteiger partial charge >= 0.3 is 6.36 Å². The fourth-order valence-electron chi connectivity index (χ4n) is 1.28. The van der Waals surface area contributed by atoms with Gasteiger partial charge in [-0.1, -0.05) is 0 Å². The molecule has 9 heteroatoms. The minimum atomic E-state index is -5.03. The van der Waals surface area contributed by atoms with Gasteiger partial charge in [-0.15, -0.1) is 13.2 Å². The van der Waals surface area contributed by atoms with E-state index in [1.165, 1.54) is 0 Å². The van der Waals surface area contributed by atoms with Crippen LogP contribution in [0.5, 0.6) is 5.75 Å². The molecule has 0 saturated heterocycles. The highest BCUT2D eigenvalue weighted by atomic mass is 19.4. The molecule has 0 fully saturated rings. The van der Waals surface area contributed by atoms with Crippen LogP contribution in [-0.2, 0) is 13.2 Å². The van der Waals surface area contributed by atoms with Crippen LogP contribution in [0.15, 0.2) is 6.07 Å². The van der Waals surface area contributed by atoms with Gasteiger partial charge in [-0.25, -0.2) is 13.8 Å². The van der Waals surface area contributed by atoms with E-state index in [0.717, 1.165) is 0 Å². The minimum absolute atomic E-state index is 0.304. The summed E-state index contributed by atoms with van der Waals surface area (Å²) in [6.07, 6.45) is -8.01. The van der Waals surface area contributed by atoms with E-state index in [2.05, 4.69) is 9.72 Å². The lowest BCUT2D eigenvalue weighted by atomic mass is 10.1. The van der Waals surface area contributed by atoms with E-state index in [-0.39, 0.29) is 5.56 Å². The lowest BCUT2D eigenvalue weighted by Gasteiger charge is -2.16. The van der Waals surface area contributed by atoms with Crippen LogP contribution in [0, 0.1) is 0 Å². The summed E-state index contributed by atoms with van der Waals surface area (Å²) in [7, 11) is 0. The van der Waals surface area contributed by atoms with Crippen LogP contribution in [0.3, 0.4) is 0 Å². The number of pyridine rings is 1. The molecule has 4 nitrogen and oxygen atoms in total. The van der Waals surface area contributed by atoms with Crippen molar-refractivity contribution in [2.75, 3.05) is 0 Å². The Kier molecular flexibility index (Phi) is 4.41. The summed E-state index contributed by atoms with van der Waals surface area (Å²) in [4.78, 5) is 3.20. The van der Waals surface area contributed by atoms with Crippen molar-refractivity contribution in [2.45, 2.75) is 25.9 Å². The highest BCUT2D eigenvalue weighted by molar-refractivity contribution is 5.39. The first-order valence-electron chi connectivity index (χ1n) is 4.66. The molecule has 1 heterocycles. The Morgan fingerprint density at radius 1 is 1.39 bits per heavy atom. The van der Waals surface area contributed by atoms with Gasteiger partial charge in [0.15, 0.2) is 5.75 Å². The predicted molar refractivity (Wildman–Crippen MR) is 49.7 cm³/mol. The third-order valence-corrected chi connectivity index (χ3v) is 1.95. The van der Waals surface area contributed by atoms with Crippen LogP contribution < -0.4 is 10.5 Å². The summed E-state index contributed by atoms with van der Waals surface area (Å²) >= 11 is 0. The second kappa shape index (κ2) is 5.44. The van der Waals surface area contributed by atoms with E-state index in [9.17, 15) is 22.0 Å². The molecule has 0 atom stereocenters. The second-order valence-electron chi connectivity index (χ2n) is 3.19. The first kappa shape index (κ1) is 14.6. The highest BCUT2D eigenvalue weighted by Gasteiger charge is 2.34. The van der Waals surface area contributed by atoms with Crippen molar-refractivity contribution in [3.8, 4) is 5.75 Å². The second-order valence-corrected chi connectivity index (χ2v) is 3.19. The van der Waals surface area contributed by atoms with Gasteiger partial charge < -0.3 is 15.6 Å². The summed E-state index contributed by atoms with van der Waals surface area (Å²) in [6, 6.07) is 0.713. The molecule has 1 aromatic heterocycles. The van der Waals surface area contributed by atoms with E-state index in [1.54, 1.807) is 0 Å². The summed E-state index contributed by atoms with van der Waals surface area (Å²) in [6.45, 7) is -1.43. The van der Waals surface area contributed by atoms with Crippen molar-refractivity contribution < 1.29 is 31.8 Å². The first-order valence-corrected chi connectivity index (χ1v) is 4.66. The fourth-order valence-corrected chi connectivity index (χ4v) is 1.28. The number of aliphatic hydroxyl groups excluding tert-OH is 1. The standard InChI is InChI=1S/C9H9F5N2O2/c10-8(11)5-1-4(2-15)7(6(3-17)16-5)18-9(12,13)14/h1,8,17H,2-3,15H2. The number of nitrogens with two attached hydrogens (primary N) is 1. The Morgan fingerprint density at radius 2 is 2.00 bits per heavy atom. The maximum atomic E-state index is 12.4. The van der Waals surface area contributed by atoms with Gasteiger partial charge in [-0.05, 0) is 6.07 Å². The SMILES string of the molecule is NCc1cc(C(F)F)nc(CO)c1OC(F)(F)F. The molecular weight excluding hydrogens is 263 g/mol. The summed E-state index contributed by atoms with van der Waals surface area (Å²) in [5.74, 6) is -0.836. The van der Waals surface area contributed by atoms with Crippen molar-refractivity contribution in [3.63, 3.8) is 0 Å². The zero-order valence-corrected chi connectivity index (χ0v) is 8.84. The van der Waals surface area contributed by atoms with Crippen LogP contribution in [-0.4, -0.2) is 16.5 Å². The number of aromatic nitrogens is 1. The third-order valence-electron chi connectivity index (χ3n) is 1.95. The topological polar surface area (TPSA) is 68.4 Å². The molecule has 0 bridgehead atoms. The molecule has 0 spiro atoms. The maximum absolute atomic E-state index is 12.4. The Balaban J connectivity index is 3.30. The Morgan fingerprint density at radius 3 is 2.39 bits per heavy atom. The molecule has 0 aliphatic carbocycles. The van der Waals surface area contributed by atoms with Gasteiger partial charge in [0, 0.05) is 12.1 Å². The molecule has 1 rings (SSSR count). The monoisotopic (exact) mass is 272 g/mol. The minimum Gasteiger partial charge on any atom is -0.403 e. The van der Waals surface area contributed by atoms with Crippen LogP contribution in [0.1, 0.15) is 23.4 Å². The lowest BCUT2D eigenvalue weighted by Crippen LogP contribution is -2.21. The van der Waals surface area contributed by atoms with E-state index in [0.29, 0.717) is 6.07 Å². The van der Waals surface area contributed by atoms with Gasteiger partial charge in [0.2, 0.25) is 0 Å². The van der Waals surface area contributed by atoms with Gasteiger partial charge in [0.05, 0.1) is 6.61 Å². The number of alkyl halides is 5. The van der Waals surface area contributed by atoms with Gasteiger partial charge in [0.1, 0.15) is 11.4 Å². The first-order chi connectivity index (χ1) is 8.28. The molecule has 0 saturated carbocycles. The molecule has 0 aliphatic rings. The number of nitrogens with zero attached hydrogens (tertiary/aromatic N) is 1. The number of ether oxygens (including phenoxy) is 1. The van der Waals surface area contributed by atoms with Crippen molar-refractivity contribution in [1.82, 2.24) is 4.98 Å². The number of hydrogen-bond donors (Lipinski definition) is 2. The van der Waals surface area contributed by atoms with Crippen LogP contribution in [0.2, 0.25) is 0 Å². The zero-order valence-electron chi connectivity index (χ0n) is 8.84. The normalized spacial score (nSPS) is 12.0. The van der Waals surface area contributed by atoms with Crippen LogP contribution in [0.25, 0.3) is 0 Å². The van der Waals surface area contributed by atoms with Gasteiger partial charge in [-0.2, -0.15) is 0 Å². The van der Waals surface area contributed by atoms with Gasteiger partial charge in [0.25, 0.3) is 6.43 Å². The zero-order chi connectivity index (χ0) is 13.9. The molecule has 102 valence electrons.